The quantitative estimate of drug-likeness (QED) is 0.345. The average molecular weight is 456 g/mol. The molecular formula is C21H21N5O3S2. The van der Waals surface area contributed by atoms with E-state index in [9.17, 15) is 9.59 Å². The lowest BCUT2D eigenvalue weighted by Gasteiger charge is -2.07. The smallest absolute Gasteiger partial charge is 0.341 e. The van der Waals surface area contributed by atoms with E-state index in [0.29, 0.717) is 21.4 Å². The number of aryl methyl sites for hydroxylation is 2. The minimum atomic E-state index is -0.430. The second kappa shape index (κ2) is 8.64. The summed E-state index contributed by atoms with van der Waals surface area (Å²) in [6.45, 7) is 5.78. The van der Waals surface area contributed by atoms with E-state index >= 15 is 0 Å². The fourth-order valence-electron chi connectivity index (χ4n) is 3.31. The first kappa shape index (κ1) is 21.3. The molecule has 0 spiro atoms. The molecule has 0 bridgehead atoms. The van der Waals surface area contributed by atoms with E-state index in [1.54, 1.807) is 6.92 Å². The Hall–Kier alpha value is -2.98. The first-order valence-electron chi connectivity index (χ1n) is 9.68. The van der Waals surface area contributed by atoms with Gasteiger partial charge >= 0.3 is 5.97 Å². The minimum Gasteiger partial charge on any atom is -0.462 e. The molecule has 31 heavy (non-hydrogen) atoms. The van der Waals surface area contributed by atoms with Gasteiger partial charge in [0.25, 0.3) is 0 Å². The summed E-state index contributed by atoms with van der Waals surface area (Å²) in [5, 5.41) is 13.2. The van der Waals surface area contributed by atoms with E-state index in [-0.39, 0.29) is 18.3 Å². The van der Waals surface area contributed by atoms with Gasteiger partial charge in [-0.3, -0.25) is 4.79 Å². The Morgan fingerprint density at radius 3 is 2.77 bits per heavy atom. The van der Waals surface area contributed by atoms with Crippen LogP contribution in [-0.2, 0) is 16.6 Å². The lowest BCUT2D eigenvalue weighted by Crippen LogP contribution is -2.16. The molecule has 160 valence electrons. The Morgan fingerprint density at radius 1 is 1.23 bits per heavy atom. The molecule has 4 rings (SSSR count). The fraction of sp³-hybridized carbons (Fsp3) is 0.286. The third kappa shape index (κ3) is 4.00. The molecule has 0 radical (unpaired) electrons. The van der Waals surface area contributed by atoms with Gasteiger partial charge in [-0.25, -0.2) is 9.78 Å². The highest BCUT2D eigenvalue weighted by Gasteiger charge is 2.22. The van der Waals surface area contributed by atoms with Gasteiger partial charge in [0.05, 0.1) is 23.4 Å². The van der Waals surface area contributed by atoms with Crippen molar-refractivity contribution in [1.82, 2.24) is 19.7 Å². The Kier molecular flexibility index (Phi) is 5.92. The minimum absolute atomic E-state index is 0.0926. The van der Waals surface area contributed by atoms with Crippen molar-refractivity contribution < 1.29 is 14.3 Å². The predicted molar refractivity (Wildman–Crippen MR) is 123 cm³/mol. The van der Waals surface area contributed by atoms with Gasteiger partial charge in [-0.2, -0.15) is 0 Å². The number of para-hydroxylation sites is 1. The molecule has 1 aromatic carbocycles. The van der Waals surface area contributed by atoms with Gasteiger partial charge in [0.2, 0.25) is 11.1 Å². The van der Waals surface area contributed by atoms with Crippen LogP contribution in [0.4, 0.5) is 5.00 Å². The van der Waals surface area contributed by atoms with E-state index in [1.165, 1.54) is 23.1 Å². The van der Waals surface area contributed by atoms with Crippen molar-refractivity contribution in [2.75, 3.05) is 17.7 Å². The van der Waals surface area contributed by atoms with E-state index in [1.807, 2.05) is 49.7 Å². The highest BCUT2D eigenvalue weighted by Crippen LogP contribution is 2.33. The molecule has 0 atom stereocenters. The summed E-state index contributed by atoms with van der Waals surface area (Å²) in [6, 6.07) is 7.91. The summed E-state index contributed by atoms with van der Waals surface area (Å²) in [6.07, 6.45) is 0. The second-order valence-corrected chi connectivity index (χ2v) is 9.05. The number of hydrogen-bond donors (Lipinski definition) is 1. The van der Waals surface area contributed by atoms with Crippen molar-refractivity contribution in [1.29, 1.82) is 0 Å². The zero-order valence-electron chi connectivity index (χ0n) is 17.6. The maximum atomic E-state index is 12.6. The van der Waals surface area contributed by atoms with Crippen LogP contribution in [0.5, 0.6) is 0 Å². The van der Waals surface area contributed by atoms with Crippen molar-refractivity contribution in [3.05, 3.63) is 40.3 Å². The lowest BCUT2D eigenvalue weighted by atomic mass is 10.1. The van der Waals surface area contributed by atoms with Crippen LogP contribution in [-0.4, -0.2) is 44.0 Å². The number of hydrogen-bond acceptors (Lipinski definition) is 8. The zero-order chi connectivity index (χ0) is 22.1. The van der Waals surface area contributed by atoms with Crippen molar-refractivity contribution in [3.8, 4) is 0 Å². The third-order valence-corrected chi connectivity index (χ3v) is 6.90. The Bertz CT molecular complexity index is 1310. The summed E-state index contributed by atoms with van der Waals surface area (Å²) in [5.41, 5.74) is 3.70. The van der Waals surface area contributed by atoms with Crippen molar-refractivity contribution in [2.24, 2.45) is 7.05 Å². The monoisotopic (exact) mass is 455 g/mol. The Labute approximate surface area is 187 Å². The normalized spacial score (nSPS) is 11.2. The Morgan fingerprint density at radius 2 is 2.00 bits per heavy atom. The van der Waals surface area contributed by atoms with Crippen LogP contribution in [0.3, 0.4) is 0 Å². The van der Waals surface area contributed by atoms with E-state index in [2.05, 4.69) is 20.5 Å². The summed E-state index contributed by atoms with van der Waals surface area (Å²) in [7, 11) is 1.93. The van der Waals surface area contributed by atoms with Gasteiger partial charge in [0, 0.05) is 17.3 Å². The van der Waals surface area contributed by atoms with Crippen LogP contribution < -0.4 is 5.32 Å². The molecule has 0 saturated heterocycles. The summed E-state index contributed by atoms with van der Waals surface area (Å²) in [5.74, 6) is -0.589. The molecule has 8 nitrogen and oxygen atoms in total. The van der Waals surface area contributed by atoms with Crippen LogP contribution in [0.1, 0.15) is 27.7 Å². The molecule has 0 aliphatic rings. The number of nitrogens with one attached hydrogen (secondary N) is 1. The molecular weight excluding hydrogens is 434 g/mol. The van der Waals surface area contributed by atoms with E-state index in [4.69, 9.17) is 4.74 Å². The molecule has 0 aliphatic heterocycles. The molecule has 0 saturated carbocycles. The number of fused-ring (bicyclic) bond motifs is 3. The average Bonchev–Trinajstić information content (AvgIpc) is 3.20. The molecule has 4 aromatic rings. The molecule has 1 amide bonds. The number of anilines is 1. The van der Waals surface area contributed by atoms with Gasteiger partial charge in [-0.15, -0.1) is 21.5 Å². The summed E-state index contributed by atoms with van der Waals surface area (Å²) >= 11 is 2.56. The van der Waals surface area contributed by atoms with Crippen LogP contribution >= 0.6 is 23.1 Å². The van der Waals surface area contributed by atoms with Crippen molar-refractivity contribution in [2.45, 2.75) is 25.9 Å². The number of amides is 1. The van der Waals surface area contributed by atoms with Crippen LogP contribution in [0.15, 0.2) is 29.4 Å². The lowest BCUT2D eigenvalue weighted by molar-refractivity contribution is -0.113. The number of rotatable bonds is 6. The molecule has 0 unspecified atom stereocenters. The highest BCUT2D eigenvalue weighted by molar-refractivity contribution is 7.99. The molecule has 0 aliphatic carbocycles. The number of nitrogens with zero attached hydrogens (tertiary/aromatic N) is 4. The largest absolute Gasteiger partial charge is 0.462 e. The number of thiophene rings is 1. The number of thioether (sulfide) groups is 1. The zero-order valence-corrected chi connectivity index (χ0v) is 19.2. The van der Waals surface area contributed by atoms with Gasteiger partial charge in [-0.05, 0) is 32.4 Å². The van der Waals surface area contributed by atoms with Crippen LogP contribution in [0.2, 0.25) is 0 Å². The number of carbonyl (C=O) groups is 2. The topological polar surface area (TPSA) is 99.0 Å². The van der Waals surface area contributed by atoms with Crippen molar-refractivity contribution >= 4 is 62.0 Å². The summed E-state index contributed by atoms with van der Waals surface area (Å²) in [4.78, 5) is 30.4. The standard InChI is InChI=1S/C21H21N5O3S2/c1-5-29-20(28)16-11(2)12(3)31-19(16)22-15(27)10-30-21-23-18-17(24-25-21)13-8-6-7-9-14(13)26(18)4/h6-9H,5,10H2,1-4H3,(H,22,27). The molecule has 10 heteroatoms. The number of esters is 1. The number of carbonyl (C=O) groups excluding carboxylic acids is 2. The molecule has 3 aromatic heterocycles. The number of aromatic nitrogens is 4. The number of ether oxygens (including phenoxy) is 1. The van der Waals surface area contributed by atoms with E-state index in [0.717, 1.165) is 26.9 Å². The van der Waals surface area contributed by atoms with Gasteiger partial charge in [-0.1, -0.05) is 30.0 Å². The van der Waals surface area contributed by atoms with Gasteiger partial charge in [0.1, 0.15) is 10.5 Å². The molecule has 1 N–H and O–H groups in total. The maximum absolute atomic E-state index is 12.6. The molecule has 3 heterocycles. The molecule has 0 fully saturated rings. The fourth-order valence-corrected chi connectivity index (χ4v) is 4.96. The predicted octanol–water partition coefficient (Wildman–Crippen LogP) is 4.10. The SMILES string of the molecule is CCOC(=O)c1c(NC(=O)CSc2nnc3c4ccccc4n(C)c3n2)sc(C)c1C. The maximum Gasteiger partial charge on any atom is 0.341 e. The van der Waals surface area contributed by atoms with Crippen molar-refractivity contribution in [3.63, 3.8) is 0 Å². The third-order valence-electron chi connectivity index (χ3n) is 4.94. The second-order valence-electron chi connectivity index (χ2n) is 6.89. The van der Waals surface area contributed by atoms with Crippen LogP contribution in [0, 0.1) is 13.8 Å². The first-order valence-corrected chi connectivity index (χ1v) is 11.5. The highest BCUT2D eigenvalue weighted by atomic mass is 32.2. The summed E-state index contributed by atoms with van der Waals surface area (Å²) < 4.78 is 7.10. The van der Waals surface area contributed by atoms with Gasteiger partial charge < -0.3 is 14.6 Å². The number of benzene rings is 1. The van der Waals surface area contributed by atoms with Gasteiger partial charge in [0.15, 0.2) is 5.65 Å². The first-order chi connectivity index (χ1) is 14.9. The Balaban J connectivity index is 1.50. The van der Waals surface area contributed by atoms with E-state index < -0.39 is 5.97 Å². The van der Waals surface area contributed by atoms with Crippen LogP contribution in [0.25, 0.3) is 22.1 Å².